The van der Waals surface area contributed by atoms with E-state index in [4.69, 9.17) is 30.5 Å². The van der Waals surface area contributed by atoms with Crippen LogP contribution in [0.3, 0.4) is 0 Å². The van der Waals surface area contributed by atoms with Gasteiger partial charge in [0.25, 0.3) is 0 Å². The van der Waals surface area contributed by atoms with Crippen LogP contribution in [0.25, 0.3) is 0 Å². The monoisotopic (exact) mass is 333 g/mol. The second-order valence-corrected chi connectivity index (χ2v) is 7.91. The normalized spacial score (nSPS) is 12.7. The van der Waals surface area contributed by atoms with Gasteiger partial charge in [-0.05, 0) is 55.5 Å². The van der Waals surface area contributed by atoms with Gasteiger partial charge in [0.05, 0.1) is 6.61 Å². The van der Waals surface area contributed by atoms with Crippen LogP contribution in [-0.4, -0.2) is 21.5 Å². The lowest BCUT2D eigenvalue weighted by molar-refractivity contribution is 0.164. The summed E-state index contributed by atoms with van der Waals surface area (Å²) in [5, 5.41) is 0. The van der Waals surface area contributed by atoms with Gasteiger partial charge < -0.3 is 30.5 Å². The Hall–Kier alpha value is -2.22. The van der Waals surface area contributed by atoms with Crippen LogP contribution in [0.2, 0.25) is 6.55 Å². The summed E-state index contributed by atoms with van der Waals surface area (Å²) in [6, 6.07) is 14.1. The van der Waals surface area contributed by atoms with Crippen molar-refractivity contribution in [1.82, 2.24) is 0 Å². The van der Waals surface area contributed by atoms with Crippen LogP contribution in [0, 0.1) is 0 Å². The van der Waals surface area contributed by atoms with E-state index in [1.165, 1.54) is 0 Å². The molecule has 0 aliphatic carbocycles. The molecule has 1 atom stereocenters. The molecule has 0 fully saturated rings. The van der Waals surface area contributed by atoms with E-state index in [1.807, 2.05) is 13.5 Å². The molecule has 0 radical (unpaired) electrons. The van der Waals surface area contributed by atoms with Gasteiger partial charge in [-0.3, -0.25) is 0 Å². The van der Waals surface area contributed by atoms with E-state index in [0.29, 0.717) is 29.5 Å². The standard InChI is InChI=1S/C16H23N3O3Si/c1-12(17)11-20-23(2,21-15-7-3-13(18)4-8-15)22-16-9-5-14(19)6-10-16/h3-10,12H,11,17-19H2,1-2H3. The Labute approximate surface area is 137 Å². The van der Waals surface area contributed by atoms with Gasteiger partial charge in [-0.25, -0.2) is 0 Å². The number of hydrogen-bond donors (Lipinski definition) is 3. The molecule has 1 unspecified atom stereocenters. The lowest BCUT2D eigenvalue weighted by atomic mass is 10.3. The van der Waals surface area contributed by atoms with Crippen molar-refractivity contribution in [2.24, 2.45) is 5.73 Å². The predicted molar refractivity (Wildman–Crippen MR) is 94.2 cm³/mol. The van der Waals surface area contributed by atoms with E-state index in [9.17, 15) is 0 Å². The molecule has 124 valence electrons. The van der Waals surface area contributed by atoms with Crippen LogP contribution in [0.5, 0.6) is 11.5 Å². The Kier molecular flexibility index (Phi) is 5.48. The molecule has 6 N–H and O–H groups in total. The maximum Gasteiger partial charge on any atom is 0.628 e. The van der Waals surface area contributed by atoms with Crippen LogP contribution in [-0.2, 0) is 4.43 Å². The molecule has 2 aromatic carbocycles. The molecule has 2 aromatic rings. The number of nitrogens with two attached hydrogens (primary N) is 3. The lowest BCUT2D eigenvalue weighted by Gasteiger charge is -2.28. The minimum atomic E-state index is -2.99. The number of benzene rings is 2. The van der Waals surface area contributed by atoms with Gasteiger partial charge in [-0.2, -0.15) is 0 Å². The topological polar surface area (TPSA) is 106 Å². The number of hydrogen-bond acceptors (Lipinski definition) is 6. The molecule has 6 nitrogen and oxygen atoms in total. The van der Waals surface area contributed by atoms with Gasteiger partial charge in [0.1, 0.15) is 11.5 Å². The van der Waals surface area contributed by atoms with Crippen LogP contribution in [0.1, 0.15) is 6.92 Å². The fourth-order valence-corrected chi connectivity index (χ4v) is 3.72. The highest BCUT2D eigenvalue weighted by Crippen LogP contribution is 2.23. The van der Waals surface area contributed by atoms with Gasteiger partial charge >= 0.3 is 8.80 Å². The first-order valence-corrected chi connectivity index (χ1v) is 9.57. The molecule has 7 heteroatoms. The Morgan fingerprint density at radius 1 is 0.870 bits per heavy atom. The fourth-order valence-electron chi connectivity index (χ4n) is 1.86. The van der Waals surface area contributed by atoms with Crippen LogP contribution in [0.4, 0.5) is 11.4 Å². The highest BCUT2D eigenvalue weighted by atomic mass is 28.4. The van der Waals surface area contributed by atoms with E-state index in [-0.39, 0.29) is 6.04 Å². The molecule has 0 aliphatic heterocycles. The molecule has 23 heavy (non-hydrogen) atoms. The zero-order valence-electron chi connectivity index (χ0n) is 13.4. The largest absolute Gasteiger partial charge is 0.628 e. The Bertz CT molecular complexity index is 570. The highest BCUT2D eigenvalue weighted by molar-refractivity contribution is 6.60. The van der Waals surface area contributed by atoms with Gasteiger partial charge in [0.15, 0.2) is 0 Å². The molecule has 0 saturated heterocycles. The van der Waals surface area contributed by atoms with E-state index in [0.717, 1.165) is 0 Å². The van der Waals surface area contributed by atoms with Crippen molar-refractivity contribution < 1.29 is 13.3 Å². The van der Waals surface area contributed by atoms with Crippen molar-refractivity contribution in [2.45, 2.75) is 19.5 Å². The summed E-state index contributed by atoms with van der Waals surface area (Å²) in [6.07, 6.45) is 0. The molecular weight excluding hydrogens is 310 g/mol. The van der Waals surface area contributed by atoms with Crippen molar-refractivity contribution in [3.8, 4) is 11.5 Å². The summed E-state index contributed by atoms with van der Waals surface area (Å²) >= 11 is 0. The summed E-state index contributed by atoms with van der Waals surface area (Å²) in [5.74, 6) is 1.27. The van der Waals surface area contributed by atoms with Crippen molar-refractivity contribution in [1.29, 1.82) is 0 Å². The molecule has 0 heterocycles. The van der Waals surface area contributed by atoms with Gasteiger partial charge in [-0.1, -0.05) is 0 Å². The first-order valence-electron chi connectivity index (χ1n) is 7.35. The van der Waals surface area contributed by atoms with E-state index in [1.54, 1.807) is 48.5 Å². The predicted octanol–water partition coefficient (Wildman–Crippen LogP) is 2.24. The SMILES string of the molecule is CC(N)CO[Si](C)(Oc1ccc(N)cc1)Oc1ccc(N)cc1. The minimum Gasteiger partial charge on any atom is -0.492 e. The van der Waals surface area contributed by atoms with E-state index < -0.39 is 8.80 Å². The first kappa shape index (κ1) is 17.1. The van der Waals surface area contributed by atoms with Crippen molar-refractivity contribution in [3.05, 3.63) is 48.5 Å². The molecule has 0 bridgehead atoms. The fraction of sp³-hybridized carbons (Fsp3) is 0.250. The summed E-state index contributed by atoms with van der Waals surface area (Å²) in [5.41, 5.74) is 18.5. The summed E-state index contributed by atoms with van der Waals surface area (Å²) in [7, 11) is -2.99. The lowest BCUT2D eigenvalue weighted by Crippen LogP contribution is -2.50. The van der Waals surface area contributed by atoms with E-state index in [2.05, 4.69) is 0 Å². The number of anilines is 2. The van der Waals surface area contributed by atoms with Crippen molar-refractivity contribution >= 4 is 20.2 Å². The molecule has 0 amide bonds. The van der Waals surface area contributed by atoms with Gasteiger partial charge in [0.2, 0.25) is 0 Å². The molecule has 0 aromatic heterocycles. The average Bonchev–Trinajstić information content (AvgIpc) is 2.50. The summed E-state index contributed by atoms with van der Waals surface area (Å²) < 4.78 is 17.9. The number of nitrogen functional groups attached to an aromatic ring is 2. The summed E-state index contributed by atoms with van der Waals surface area (Å²) in [6.45, 7) is 4.02. The third kappa shape index (κ3) is 5.48. The second kappa shape index (κ2) is 7.36. The Morgan fingerprint density at radius 2 is 1.26 bits per heavy atom. The van der Waals surface area contributed by atoms with Crippen LogP contribution < -0.4 is 26.1 Å². The van der Waals surface area contributed by atoms with Crippen molar-refractivity contribution in [3.63, 3.8) is 0 Å². The van der Waals surface area contributed by atoms with Gasteiger partial charge in [0, 0.05) is 24.0 Å². The molecule has 0 saturated carbocycles. The zero-order valence-corrected chi connectivity index (χ0v) is 14.4. The second-order valence-electron chi connectivity index (χ2n) is 5.49. The maximum absolute atomic E-state index is 5.99. The highest BCUT2D eigenvalue weighted by Gasteiger charge is 2.40. The molecule has 0 spiro atoms. The zero-order chi connectivity index (χ0) is 16.9. The molecular formula is C16H23N3O3Si. The Morgan fingerprint density at radius 3 is 1.61 bits per heavy atom. The third-order valence-corrected chi connectivity index (χ3v) is 4.88. The minimum absolute atomic E-state index is 0.119. The molecule has 0 aliphatic rings. The molecule has 2 rings (SSSR count). The summed E-state index contributed by atoms with van der Waals surface area (Å²) in [4.78, 5) is 0. The Balaban J connectivity index is 2.16. The number of rotatable bonds is 7. The van der Waals surface area contributed by atoms with Gasteiger partial charge in [-0.15, -0.1) is 0 Å². The first-order chi connectivity index (χ1) is 10.9. The van der Waals surface area contributed by atoms with Crippen LogP contribution >= 0.6 is 0 Å². The van der Waals surface area contributed by atoms with Crippen LogP contribution in [0.15, 0.2) is 48.5 Å². The smallest absolute Gasteiger partial charge is 0.492 e. The average molecular weight is 333 g/mol. The maximum atomic E-state index is 5.99. The quantitative estimate of drug-likeness (QED) is 0.530. The van der Waals surface area contributed by atoms with Crippen molar-refractivity contribution in [2.75, 3.05) is 18.1 Å². The van der Waals surface area contributed by atoms with E-state index >= 15 is 0 Å². The third-order valence-electron chi connectivity index (χ3n) is 2.98.